The molecule has 2 heterocycles. The third kappa shape index (κ3) is 2.36. The number of rotatable bonds is 3. The van der Waals surface area contributed by atoms with Crippen molar-refractivity contribution < 1.29 is 4.79 Å². The molecule has 0 aliphatic heterocycles. The molecule has 1 amide bonds. The Balaban J connectivity index is 2.14. The second-order valence-electron chi connectivity index (χ2n) is 4.58. The zero-order valence-corrected chi connectivity index (χ0v) is 11.5. The normalized spacial score (nSPS) is 10.3. The number of aromatic amines is 1. The highest BCUT2D eigenvalue weighted by molar-refractivity contribution is 5.99. The van der Waals surface area contributed by atoms with Gasteiger partial charge in [-0.3, -0.25) is 14.7 Å². The summed E-state index contributed by atoms with van der Waals surface area (Å²) in [5.74, 6) is 1.95. The highest BCUT2D eigenvalue weighted by Gasteiger charge is 2.15. The molecule has 3 rings (SSSR count). The Morgan fingerprint density at radius 3 is 2.86 bits per heavy atom. The van der Waals surface area contributed by atoms with Crippen molar-refractivity contribution in [3.05, 3.63) is 58.5 Å². The average molecular weight is 292 g/mol. The first-order valence-electron chi connectivity index (χ1n) is 6.59. The summed E-state index contributed by atoms with van der Waals surface area (Å²) < 4.78 is 1.22. The van der Waals surface area contributed by atoms with E-state index in [0.717, 1.165) is 5.56 Å². The summed E-state index contributed by atoms with van der Waals surface area (Å²) in [5, 5.41) is 5.28. The SMILES string of the molecule is C#CCNC(=O)c1c[nH]n2c(=O)cc(-c3ccccc3)nc12. The van der Waals surface area contributed by atoms with E-state index in [1.807, 2.05) is 30.3 Å². The predicted molar refractivity (Wildman–Crippen MR) is 82.4 cm³/mol. The van der Waals surface area contributed by atoms with Crippen molar-refractivity contribution in [2.75, 3.05) is 6.54 Å². The Hall–Kier alpha value is -3.33. The van der Waals surface area contributed by atoms with Crippen LogP contribution >= 0.6 is 0 Å². The molecule has 0 saturated carbocycles. The van der Waals surface area contributed by atoms with Gasteiger partial charge in [0, 0.05) is 17.8 Å². The van der Waals surface area contributed by atoms with Gasteiger partial charge in [0.25, 0.3) is 11.5 Å². The number of benzene rings is 1. The summed E-state index contributed by atoms with van der Waals surface area (Å²) in [4.78, 5) is 28.6. The molecule has 0 aliphatic rings. The first kappa shape index (κ1) is 13.6. The molecular formula is C16H12N4O2. The molecule has 0 fully saturated rings. The lowest BCUT2D eigenvalue weighted by atomic mass is 10.1. The van der Waals surface area contributed by atoms with Crippen LogP contribution in [0.25, 0.3) is 16.9 Å². The molecule has 0 aliphatic carbocycles. The summed E-state index contributed by atoms with van der Waals surface area (Å²) >= 11 is 0. The van der Waals surface area contributed by atoms with Crippen LogP contribution in [0.1, 0.15) is 10.4 Å². The zero-order chi connectivity index (χ0) is 15.5. The van der Waals surface area contributed by atoms with Gasteiger partial charge in [0.2, 0.25) is 0 Å². The van der Waals surface area contributed by atoms with E-state index in [-0.39, 0.29) is 29.2 Å². The molecule has 6 nitrogen and oxygen atoms in total. The van der Waals surface area contributed by atoms with E-state index in [9.17, 15) is 9.59 Å². The first-order valence-corrected chi connectivity index (χ1v) is 6.59. The van der Waals surface area contributed by atoms with E-state index in [2.05, 4.69) is 21.3 Å². The van der Waals surface area contributed by atoms with Gasteiger partial charge in [0.1, 0.15) is 5.56 Å². The molecule has 108 valence electrons. The fraction of sp³-hybridized carbons (Fsp3) is 0.0625. The Morgan fingerprint density at radius 2 is 2.14 bits per heavy atom. The van der Waals surface area contributed by atoms with Crippen LogP contribution in [0.3, 0.4) is 0 Å². The number of hydrogen-bond acceptors (Lipinski definition) is 3. The molecule has 0 atom stereocenters. The van der Waals surface area contributed by atoms with Gasteiger partial charge in [-0.1, -0.05) is 36.3 Å². The maximum atomic E-state index is 12.2. The average Bonchev–Trinajstić information content (AvgIpc) is 2.98. The minimum atomic E-state index is -0.381. The van der Waals surface area contributed by atoms with Crippen LogP contribution in [0, 0.1) is 12.3 Å². The van der Waals surface area contributed by atoms with Gasteiger partial charge in [0.05, 0.1) is 12.2 Å². The number of carbonyl (C=O) groups excluding carboxylic acids is 1. The van der Waals surface area contributed by atoms with E-state index in [1.54, 1.807) is 0 Å². The molecule has 0 spiro atoms. The van der Waals surface area contributed by atoms with Crippen LogP contribution < -0.4 is 10.9 Å². The van der Waals surface area contributed by atoms with Gasteiger partial charge in [-0.05, 0) is 0 Å². The van der Waals surface area contributed by atoms with E-state index < -0.39 is 0 Å². The van der Waals surface area contributed by atoms with Crippen molar-refractivity contribution in [1.82, 2.24) is 19.9 Å². The minimum Gasteiger partial charge on any atom is -0.341 e. The largest absolute Gasteiger partial charge is 0.341 e. The number of terminal acetylenes is 1. The number of fused-ring (bicyclic) bond motifs is 1. The van der Waals surface area contributed by atoms with Crippen LogP contribution in [0.5, 0.6) is 0 Å². The molecule has 22 heavy (non-hydrogen) atoms. The smallest absolute Gasteiger partial charge is 0.273 e. The Morgan fingerprint density at radius 1 is 1.36 bits per heavy atom. The molecule has 0 radical (unpaired) electrons. The van der Waals surface area contributed by atoms with E-state index in [1.165, 1.54) is 16.8 Å². The van der Waals surface area contributed by atoms with E-state index in [0.29, 0.717) is 5.69 Å². The lowest BCUT2D eigenvalue weighted by Crippen LogP contribution is -2.24. The second-order valence-corrected chi connectivity index (χ2v) is 4.58. The number of H-pyrrole nitrogens is 1. The van der Waals surface area contributed by atoms with Gasteiger partial charge in [-0.15, -0.1) is 6.42 Å². The summed E-state index contributed by atoms with van der Waals surface area (Å²) in [7, 11) is 0. The van der Waals surface area contributed by atoms with Crippen LogP contribution in [0.15, 0.2) is 47.4 Å². The van der Waals surface area contributed by atoms with Crippen molar-refractivity contribution in [3.63, 3.8) is 0 Å². The maximum Gasteiger partial charge on any atom is 0.273 e. The van der Waals surface area contributed by atoms with Gasteiger partial charge in [-0.2, -0.15) is 0 Å². The number of hydrogen-bond donors (Lipinski definition) is 2. The Bertz CT molecular complexity index is 932. The lowest BCUT2D eigenvalue weighted by molar-refractivity contribution is 0.0960. The maximum absolute atomic E-state index is 12.2. The Labute approximate surface area is 125 Å². The summed E-state index contributed by atoms with van der Waals surface area (Å²) in [6, 6.07) is 10.7. The molecule has 0 bridgehead atoms. The van der Waals surface area contributed by atoms with E-state index in [4.69, 9.17) is 6.42 Å². The van der Waals surface area contributed by atoms with Gasteiger partial charge < -0.3 is 5.32 Å². The number of nitrogens with zero attached hydrogens (tertiary/aromatic N) is 2. The fourth-order valence-electron chi connectivity index (χ4n) is 2.13. The molecule has 6 heteroatoms. The van der Waals surface area contributed by atoms with Crippen molar-refractivity contribution in [3.8, 4) is 23.6 Å². The standard InChI is InChI=1S/C16H12N4O2/c1-2-8-17-16(22)12-10-18-20-14(21)9-13(19-15(12)20)11-6-4-3-5-7-11/h1,3-7,9-10,18H,8H2,(H,17,22). The minimum absolute atomic E-state index is 0.110. The predicted octanol–water partition coefficient (Wildman–Crippen LogP) is 1.05. The van der Waals surface area contributed by atoms with Crippen molar-refractivity contribution in [2.24, 2.45) is 0 Å². The topological polar surface area (TPSA) is 79.3 Å². The summed E-state index contributed by atoms with van der Waals surface area (Å²) in [5.41, 5.74) is 1.56. The van der Waals surface area contributed by atoms with E-state index >= 15 is 0 Å². The van der Waals surface area contributed by atoms with Crippen molar-refractivity contribution >= 4 is 11.6 Å². The third-order valence-electron chi connectivity index (χ3n) is 3.16. The highest BCUT2D eigenvalue weighted by Crippen LogP contribution is 2.16. The molecule has 3 aromatic rings. The number of carbonyl (C=O) groups is 1. The second kappa shape index (κ2) is 5.58. The molecule has 2 aromatic heterocycles. The summed E-state index contributed by atoms with van der Waals surface area (Å²) in [6.07, 6.45) is 6.56. The molecule has 0 unspecified atom stereocenters. The molecule has 2 N–H and O–H groups in total. The quantitative estimate of drug-likeness (QED) is 0.708. The van der Waals surface area contributed by atoms with Crippen molar-refractivity contribution in [1.29, 1.82) is 0 Å². The molecule has 0 saturated heterocycles. The highest BCUT2D eigenvalue weighted by atomic mass is 16.2. The van der Waals surface area contributed by atoms with Crippen LogP contribution in [-0.4, -0.2) is 27.0 Å². The van der Waals surface area contributed by atoms with Crippen LogP contribution in [0.4, 0.5) is 0 Å². The van der Waals surface area contributed by atoms with Crippen molar-refractivity contribution in [2.45, 2.75) is 0 Å². The first-order chi connectivity index (χ1) is 10.7. The van der Waals surface area contributed by atoms with Gasteiger partial charge >= 0.3 is 0 Å². The number of amides is 1. The fourth-order valence-corrected chi connectivity index (χ4v) is 2.13. The summed E-state index contributed by atoms with van der Waals surface area (Å²) in [6.45, 7) is 0.110. The monoisotopic (exact) mass is 292 g/mol. The Kier molecular flexibility index (Phi) is 3.46. The zero-order valence-electron chi connectivity index (χ0n) is 11.5. The third-order valence-corrected chi connectivity index (χ3v) is 3.16. The van der Waals surface area contributed by atoms with Gasteiger partial charge in [0.15, 0.2) is 5.65 Å². The lowest BCUT2D eigenvalue weighted by Gasteiger charge is -2.03. The van der Waals surface area contributed by atoms with Crippen LogP contribution in [0.2, 0.25) is 0 Å². The number of nitrogens with one attached hydrogen (secondary N) is 2. The van der Waals surface area contributed by atoms with Gasteiger partial charge in [-0.25, -0.2) is 9.50 Å². The number of aromatic nitrogens is 3. The molecular weight excluding hydrogens is 280 g/mol. The molecule has 1 aromatic carbocycles. The van der Waals surface area contributed by atoms with Crippen LogP contribution in [-0.2, 0) is 0 Å².